The molecule has 1 heterocycles. The minimum Gasteiger partial charge on any atom is -0.354 e. The third kappa shape index (κ3) is 3.44. The largest absolute Gasteiger partial charge is 0.354 e. The van der Waals surface area contributed by atoms with Crippen LogP contribution < -0.4 is 10.6 Å². The second kappa shape index (κ2) is 6.02. The van der Waals surface area contributed by atoms with Gasteiger partial charge in [-0.2, -0.15) is 0 Å². The molecule has 1 aromatic carbocycles. The number of rotatable bonds is 2. The van der Waals surface area contributed by atoms with Crippen LogP contribution in [0.25, 0.3) is 0 Å². The van der Waals surface area contributed by atoms with Crippen molar-refractivity contribution in [1.82, 2.24) is 10.6 Å². The SMILES string of the molecule is O=C(N[C@H]1CCCCNC1=O)c1ccc(F)cc1Cl. The summed E-state index contributed by atoms with van der Waals surface area (Å²) >= 11 is 5.81. The minimum atomic E-state index is -0.559. The summed E-state index contributed by atoms with van der Waals surface area (Å²) in [6.07, 6.45) is 2.35. The Labute approximate surface area is 115 Å². The second-order valence-corrected chi connectivity index (χ2v) is 4.84. The van der Waals surface area contributed by atoms with Gasteiger partial charge in [0, 0.05) is 6.54 Å². The summed E-state index contributed by atoms with van der Waals surface area (Å²) in [7, 11) is 0. The van der Waals surface area contributed by atoms with Crippen molar-refractivity contribution in [2.75, 3.05) is 6.54 Å². The van der Waals surface area contributed by atoms with E-state index < -0.39 is 17.8 Å². The third-order valence-electron chi connectivity index (χ3n) is 3.02. The van der Waals surface area contributed by atoms with Crippen molar-refractivity contribution in [2.24, 2.45) is 0 Å². The molecular formula is C13H14ClFN2O2. The van der Waals surface area contributed by atoms with Gasteiger partial charge in [0.25, 0.3) is 5.91 Å². The molecule has 1 aromatic rings. The standard InChI is InChI=1S/C13H14ClFN2O2/c14-10-7-8(15)4-5-9(10)12(18)17-11-3-1-2-6-16-13(11)19/h4-5,7,11H,1-3,6H2,(H,16,19)(H,17,18)/t11-/m0/s1. The maximum Gasteiger partial charge on any atom is 0.253 e. The smallest absolute Gasteiger partial charge is 0.253 e. The Morgan fingerprint density at radius 2 is 2.21 bits per heavy atom. The first kappa shape index (κ1) is 13.8. The van der Waals surface area contributed by atoms with Gasteiger partial charge < -0.3 is 10.6 Å². The molecule has 19 heavy (non-hydrogen) atoms. The number of carbonyl (C=O) groups excluding carboxylic acids is 2. The highest BCUT2D eigenvalue weighted by Gasteiger charge is 2.23. The van der Waals surface area contributed by atoms with Crippen LogP contribution in [0.5, 0.6) is 0 Å². The average Bonchev–Trinajstić information content (AvgIpc) is 2.55. The molecule has 1 fully saturated rings. The number of amides is 2. The van der Waals surface area contributed by atoms with Crippen LogP contribution in [0.1, 0.15) is 29.6 Å². The van der Waals surface area contributed by atoms with E-state index in [0.717, 1.165) is 25.0 Å². The van der Waals surface area contributed by atoms with Crippen molar-refractivity contribution < 1.29 is 14.0 Å². The molecule has 2 rings (SSSR count). The zero-order chi connectivity index (χ0) is 13.8. The maximum atomic E-state index is 12.9. The Kier molecular flexibility index (Phi) is 4.37. The molecule has 102 valence electrons. The van der Waals surface area contributed by atoms with E-state index >= 15 is 0 Å². The topological polar surface area (TPSA) is 58.2 Å². The number of benzene rings is 1. The van der Waals surface area contributed by atoms with Gasteiger partial charge in [-0.25, -0.2) is 4.39 Å². The average molecular weight is 285 g/mol. The molecule has 0 aliphatic carbocycles. The van der Waals surface area contributed by atoms with E-state index in [1.165, 1.54) is 6.07 Å². The van der Waals surface area contributed by atoms with Gasteiger partial charge in [0.2, 0.25) is 5.91 Å². The lowest BCUT2D eigenvalue weighted by Gasteiger charge is -2.15. The molecule has 0 aromatic heterocycles. The number of hydrogen-bond acceptors (Lipinski definition) is 2. The van der Waals surface area contributed by atoms with Crippen molar-refractivity contribution >= 4 is 23.4 Å². The molecule has 0 unspecified atom stereocenters. The van der Waals surface area contributed by atoms with E-state index in [9.17, 15) is 14.0 Å². The zero-order valence-electron chi connectivity index (χ0n) is 10.2. The predicted octanol–water partition coefficient (Wildman–Crippen LogP) is 1.88. The Balaban J connectivity index is 2.09. The Hall–Kier alpha value is -1.62. The lowest BCUT2D eigenvalue weighted by Crippen LogP contribution is -2.45. The molecule has 2 N–H and O–H groups in total. The van der Waals surface area contributed by atoms with Crippen LogP contribution in [0.3, 0.4) is 0 Å². The van der Waals surface area contributed by atoms with Crippen LogP contribution >= 0.6 is 11.6 Å². The Bertz CT molecular complexity index is 507. The zero-order valence-corrected chi connectivity index (χ0v) is 11.0. The maximum absolute atomic E-state index is 12.9. The summed E-state index contributed by atoms with van der Waals surface area (Å²) in [6.45, 7) is 0.627. The van der Waals surface area contributed by atoms with E-state index in [4.69, 9.17) is 11.6 Å². The molecule has 1 saturated heterocycles. The fourth-order valence-corrected chi connectivity index (χ4v) is 2.24. The molecule has 1 aliphatic heterocycles. The molecule has 2 amide bonds. The molecule has 0 saturated carbocycles. The predicted molar refractivity (Wildman–Crippen MR) is 69.5 cm³/mol. The number of hydrogen-bond donors (Lipinski definition) is 2. The molecule has 6 heteroatoms. The first-order chi connectivity index (χ1) is 9.08. The minimum absolute atomic E-state index is 0.0338. The van der Waals surface area contributed by atoms with Gasteiger partial charge in [-0.1, -0.05) is 11.6 Å². The summed E-state index contributed by atoms with van der Waals surface area (Å²) in [5, 5.41) is 5.39. The van der Waals surface area contributed by atoms with Crippen LogP contribution in [0.15, 0.2) is 18.2 Å². The summed E-state index contributed by atoms with van der Waals surface area (Å²) in [5.41, 5.74) is 0.167. The van der Waals surface area contributed by atoms with Gasteiger partial charge in [-0.3, -0.25) is 9.59 Å². The Morgan fingerprint density at radius 1 is 1.42 bits per heavy atom. The van der Waals surface area contributed by atoms with Crippen LogP contribution in [-0.2, 0) is 4.79 Å². The Morgan fingerprint density at radius 3 is 2.95 bits per heavy atom. The van der Waals surface area contributed by atoms with Crippen molar-refractivity contribution in [3.05, 3.63) is 34.6 Å². The van der Waals surface area contributed by atoms with Crippen molar-refractivity contribution in [3.8, 4) is 0 Å². The van der Waals surface area contributed by atoms with Gasteiger partial charge in [-0.05, 0) is 37.5 Å². The van der Waals surface area contributed by atoms with E-state index in [1.54, 1.807) is 0 Å². The van der Waals surface area contributed by atoms with E-state index in [2.05, 4.69) is 10.6 Å². The van der Waals surface area contributed by atoms with E-state index in [0.29, 0.717) is 13.0 Å². The van der Waals surface area contributed by atoms with Crippen molar-refractivity contribution in [2.45, 2.75) is 25.3 Å². The summed E-state index contributed by atoms with van der Waals surface area (Å²) in [4.78, 5) is 23.7. The number of nitrogens with one attached hydrogen (secondary N) is 2. The number of halogens is 2. The fraction of sp³-hybridized carbons (Fsp3) is 0.385. The second-order valence-electron chi connectivity index (χ2n) is 4.44. The summed E-state index contributed by atoms with van der Waals surface area (Å²) in [6, 6.07) is 2.98. The molecule has 4 nitrogen and oxygen atoms in total. The molecule has 0 bridgehead atoms. The highest BCUT2D eigenvalue weighted by molar-refractivity contribution is 6.33. The van der Waals surface area contributed by atoms with Crippen LogP contribution in [0.2, 0.25) is 5.02 Å². The molecule has 0 radical (unpaired) electrons. The van der Waals surface area contributed by atoms with Gasteiger partial charge in [-0.15, -0.1) is 0 Å². The first-order valence-corrected chi connectivity index (χ1v) is 6.49. The highest BCUT2D eigenvalue weighted by Crippen LogP contribution is 2.17. The third-order valence-corrected chi connectivity index (χ3v) is 3.33. The summed E-state index contributed by atoms with van der Waals surface area (Å²) in [5.74, 6) is -1.16. The van der Waals surface area contributed by atoms with Crippen molar-refractivity contribution in [1.29, 1.82) is 0 Å². The monoisotopic (exact) mass is 284 g/mol. The fourth-order valence-electron chi connectivity index (χ4n) is 1.99. The van der Waals surface area contributed by atoms with Crippen LogP contribution in [0.4, 0.5) is 4.39 Å². The lowest BCUT2D eigenvalue weighted by atomic mass is 10.1. The lowest BCUT2D eigenvalue weighted by molar-refractivity contribution is -0.122. The molecule has 1 atom stereocenters. The van der Waals surface area contributed by atoms with Gasteiger partial charge in [0.15, 0.2) is 0 Å². The van der Waals surface area contributed by atoms with E-state index in [1.807, 2.05) is 0 Å². The van der Waals surface area contributed by atoms with E-state index in [-0.39, 0.29) is 16.5 Å². The van der Waals surface area contributed by atoms with Crippen LogP contribution in [-0.4, -0.2) is 24.4 Å². The molecule has 0 spiro atoms. The van der Waals surface area contributed by atoms with Crippen molar-refractivity contribution in [3.63, 3.8) is 0 Å². The molecule has 1 aliphatic rings. The van der Waals surface area contributed by atoms with Gasteiger partial charge in [0.1, 0.15) is 11.9 Å². The van der Waals surface area contributed by atoms with Crippen LogP contribution in [0, 0.1) is 5.82 Å². The summed E-state index contributed by atoms with van der Waals surface area (Å²) < 4.78 is 12.9. The number of carbonyl (C=O) groups is 2. The highest BCUT2D eigenvalue weighted by atomic mass is 35.5. The van der Waals surface area contributed by atoms with Gasteiger partial charge >= 0.3 is 0 Å². The molecular weight excluding hydrogens is 271 g/mol. The quantitative estimate of drug-likeness (QED) is 0.871. The normalized spacial score (nSPS) is 19.5. The van der Waals surface area contributed by atoms with Gasteiger partial charge in [0.05, 0.1) is 10.6 Å². The first-order valence-electron chi connectivity index (χ1n) is 6.11.